The van der Waals surface area contributed by atoms with Gasteiger partial charge in [0.1, 0.15) is 16.0 Å². The molecule has 0 aromatic heterocycles. The Morgan fingerprint density at radius 2 is 2.00 bits per heavy atom. The zero-order chi connectivity index (χ0) is 13.8. The van der Waals surface area contributed by atoms with Gasteiger partial charge in [0.15, 0.2) is 6.29 Å². The number of ether oxygens (including phenoxy) is 4. The van der Waals surface area contributed by atoms with E-state index in [1.807, 2.05) is 0 Å². The van der Waals surface area contributed by atoms with Crippen LogP contribution in [0.15, 0.2) is 16.6 Å². The van der Waals surface area contributed by atoms with E-state index in [0.29, 0.717) is 41.2 Å². The van der Waals surface area contributed by atoms with Gasteiger partial charge in [-0.2, -0.15) is 0 Å². The van der Waals surface area contributed by atoms with Gasteiger partial charge in [-0.3, -0.25) is 0 Å². The van der Waals surface area contributed by atoms with Gasteiger partial charge in [-0.25, -0.2) is 0 Å². The molecule has 0 bridgehead atoms. The molecule has 1 aromatic rings. The highest BCUT2D eigenvalue weighted by molar-refractivity contribution is 9.10. The van der Waals surface area contributed by atoms with E-state index in [9.17, 15) is 5.11 Å². The number of hydrogen-bond donors (Lipinski definition) is 1. The summed E-state index contributed by atoms with van der Waals surface area (Å²) in [7, 11) is 3.13. The van der Waals surface area contributed by atoms with Crippen molar-refractivity contribution in [2.24, 2.45) is 0 Å². The third kappa shape index (κ3) is 3.20. The molecule has 1 unspecified atom stereocenters. The standard InChI is InChI=1S/C13H17BrO5/c1-16-10-4-3-8(13(17-2)12(10)14)9(15)7-11-18-5-6-19-11/h3-4,9,11,15H,5-7H2,1-2H3. The first-order chi connectivity index (χ1) is 9.17. The number of methoxy groups -OCH3 is 2. The summed E-state index contributed by atoms with van der Waals surface area (Å²) in [6.07, 6.45) is -0.712. The first-order valence-electron chi connectivity index (χ1n) is 5.99. The molecule has 0 radical (unpaired) electrons. The van der Waals surface area contributed by atoms with Crippen molar-refractivity contribution in [1.29, 1.82) is 0 Å². The molecule has 2 rings (SSSR count). The van der Waals surface area contributed by atoms with Crippen LogP contribution in [-0.2, 0) is 9.47 Å². The van der Waals surface area contributed by atoms with Gasteiger partial charge in [0.25, 0.3) is 0 Å². The Kier molecular flexibility index (Phi) is 5.04. The fourth-order valence-corrected chi connectivity index (χ4v) is 2.72. The van der Waals surface area contributed by atoms with Crippen molar-refractivity contribution < 1.29 is 24.1 Å². The number of halogens is 1. The first kappa shape index (κ1) is 14.6. The van der Waals surface area contributed by atoms with E-state index in [1.54, 1.807) is 26.4 Å². The van der Waals surface area contributed by atoms with Gasteiger partial charge in [-0.05, 0) is 28.1 Å². The number of aliphatic hydroxyl groups excluding tert-OH is 1. The van der Waals surface area contributed by atoms with Crippen molar-refractivity contribution in [3.05, 3.63) is 22.2 Å². The zero-order valence-electron chi connectivity index (χ0n) is 10.9. The molecule has 106 valence electrons. The van der Waals surface area contributed by atoms with Crippen molar-refractivity contribution in [2.75, 3.05) is 27.4 Å². The lowest BCUT2D eigenvalue weighted by Crippen LogP contribution is -2.14. The number of aliphatic hydroxyl groups is 1. The molecule has 0 saturated carbocycles. The number of rotatable bonds is 5. The van der Waals surface area contributed by atoms with Crippen LogP contribution in [0.3, 0.4) is 0 Å². The van der Waals surface area contributed by atoms with Crippen LogP contribution >= 0.6 is 15.9 Å². The average Bonchev–Trinajstić information content (AvgIpc) is 2.91. The zero-order valence-corrected chi connectivity index (χ0v) is 12.5. The first-order valence-corrected chi connectivity index (χ1v) is 6.78. The van der Waals surface area contributed by atoms with Gasteiger partial charge in [0.05, 0.1) is 33.5 Å². The van der Waals surface area contributed by atoms with E-state index < -0.39 is 6.10 Å². The lowest BCUT2D eigenvalue weighted by molar-refractivity contribution is -0.0710. The molecule has 0 amide bonds. The lowest BCUT2D eigenvalue weighted by Gasteiger charge is -2.19. The van der Waals surface area contributed by atoms with E-state index in [4.69, 9.17) is 18.9 Å². The van der Waals surface area contributed by atoms with Crippen LogP contribution < -0.4 is 9.47 Å². The van der Waals surface area contributed by atoms with Gasteiger partial charge in [-0.1, -0.05) is 0 Å². The predicted octanol–water partition coefficient (Wildman–Crippen LogP) is 2.26. The lowest BCUT2D eigenvalue weighted by atomic mass is 10.0. The summed E-state index contributed by atoms with van der Waals surface area (Å²) in [5.74, 6) is 1.21. The third-order valence-corrected chi connectivity index (χ3v) is 3.73. The normalized spacial score (nSPS) is 17.5. The van der Waals surface area contributed by atoms with Crippen molar-refractivity contribution in [1.82, 2.24) is 0 Å². The fourth-order valence-electron chi connectivity index (χ4n) is 2.03. The maximum atomic E-state index is 10.3. The molecule has 1 aliphatic rings. The summed E-state index contributed by atoms with van der Waals surface area (Å²) >= 11 is 3.41. The van der Waals surface area contributed by atoms with Crippen LogP contribution in [-0.4, -0.2) is 38.8 Å². The second-order valence-electron chi connectivity index (χ2n) is 4.13. The van der Waals surface area contributed by atoms with Crippen molar-refractivity contribution in [3.8, 4) is 11.5 Å². The Hall–Kier alpha value is -0.820. The van der Waals surface area contributed by atoms with E-state index >= 15 is 0 Å². The van der Waals surface area contributed by atoms with Gasteiger partial charge >= 0.3 is 0 Å². The largest absolute Gasteiger partial charge is 0.495 e. The maximum Gasteiger partial charge on any atom is 0.160 e. The SMILES string of the molecule is COc1ccc(C(O)CC2OCCO2)c(OC)c1Br. The summed E-state index contributed by atoms with van der Waals surface area (Å²) in [6.45, 7) is 1.14. The smallest absolute Gasteiger partial charge is 0.160 e. The minimum absolute atomic E-state index is 0.361. The van der Waals surface area contributed by atoms with Gasteiger partial charge in [-0.15, -0.1) is 0 Å². The van der Waals surface area contributed by atoms with Crippen molar-refractivity contribution in [3.63, 3.8) is 0 Å². The summed E-state index contributed by atoms with van der Waals surface area (Å²) < 4.78 is 21.9. The van der Waals surface area contributed by atoms with E-state index in [-0.39, 0.29) is 6.29 Å². The van der Waals surface area contributed by atoms with Crippen LogP contribution in [0.1, 0.15) is 18.1 Å². The summed E-state index contributed by atoms with van der Waals surface area (Å²) in [4.78, 5) is 0. The molecule has 0 spiro atoms. The van der Waals surface area contributed by atoms with Gasteiger partial charge in [0.2, 0.25) is 0 Å². The second kappa shape index (κ2) is 6.56. The van der Waals surface area contributed by atoms with Crippen molar-refractivity contribution >= 4 is 15.9 Å². The highest BCUT2D eigenvalue weighted by Crippen LogP contribution is 2.40. The van der Waals surface area contributed by atoms with Gasteiger partial charge in [0, 0.05) is 12.0 Å². The second-order valence-corrected chi connectivity index (χ2v) is 4.92. The van der Waals surface area contributed by atoms with Crippen molar-refractivity contribution in [2.45, 2.75) is 18.8 Å². The number of benzene rings is 1. The molecule has 1 N–H and O–H groups in total. The molecular formula is C13H17BrO5. The highest BCUT2D eigenvalue weighted by Gasteiger charge is 2.24. The Bertz CT molecular complexity index is 431. The Morgan fingerprint density at radius 1 is 1.32 bits per heavy atom. The fraction of sp³-hybridized carbons (Fsp3) is 0.538. The minimum Gasteiger partial charge on any atom is -0.495 e. The maximum absolute atomic E-state index is 10.3. The van der Waals surface area contributed by atoms with E-state index in [2.05, 4.69) is 15.9 Å². The monoisotopic (exact) mass is 332 g/mol. The summed E-state index contributed by atoms with van der Waals surface area (Å²) in [5.41, 5.74) is 0.675. The van der Waals surface area contributed by atoms with E-state index in [0.717, 1.165) is 0 Å². The molecule has 1 aliphatic heterocycles. The molecule has 1 aromatic carbocycles. The Labute approximate surface area is 120 Å². The Balaban J connectivity index is 2.20. The predicted molar refractivity (Wildman–Crippen MR) is 72.5 cm³/mol. The molecule has 6 heteroatoms. The topological polar surface area (TPSA) is 57.2 Å². The number of hydrogen-bond acceptors (Lipinski definition) is 5. The molecular weight excluding hydrogens is 316 g/mol. The quantitative estimate of drug-likeness (QED) is 0.896. The molecule has 5 nitrogen and oxygen atoms in total. The van der Waals surface area contributed by atoms with Crippen LogP contribution in [0.4, 0.5) is 0 Å². The molecule has 1 atom stereocenters. The summed E-state index contributed by atoms with van der Waals surface area (Å²) in [6, 6.07) is 3.56. The molecule has 19 heavy (non-hydrogen) atoms. The van der Waals surface area contributed by atoms with E-state index in [1.165, 1.54) is 0 Å². The molecule has 0 aliphatic carbocycles. The van der Waals surface area contributed by atoms with Crippen LogP contribution in [0.2, 0.25) is 0 Å². The van der Waals surface area contributed by atoms with Crippen LogP contribution in [0.5, 0.6) is 11.5 Å². The van der Waals surface area contributed by atoms with Gasteiger partial charge < -0.3 is 24.1 Å². The Morgan fingerprint density at radius 3 is 2.58 bits per heavy atom. The van der Waals surface area contributed by atoms with Crippen LogP contribution in [0.25, 0.3) is 0 Å². The highest BCUT2D eigenvalue weighted by atomic mass is 79.9. The summed E-state index contributed by atoms with van der Waals surface area (Å²) in [5, 5.41) is 10.3. The third-order valence-electron chi connectivity index (χ3n) is 2.98. The molecule has 1 saturated heterocycles. The average molecular weight is 333 g/mol. The molecule has 1 heterocycles. The minimum atomic E-state index is -0.722. The molecule has 1 fully saturated rings. The van der Waals surface area contributed by atoms with Crippen LogP contribution in [0, 0.1) is 0 Å².